The predicted molar refractivity (Wildman–Crippen MR) is 54.0 cm³/mol. The van der Waals surface area contributed by atoms with Gasteiger partial charge in [0.2, 0.25) is 0 Å². The largest absolute Gasteiger partial charge is 1.00 e. The third-order valence-electron chi connectivity index (χ3n) is 3.41. The van der Waals surface area contributed by atoms with Crippen LogP contribution in [0.1, 0.15) is 33.1 Å². The van der Waals surface area contributed by atoms with Gasteiger partial charge in [0.05, 0.1) is 27.2 Å². The zero-order valence-corrected chi connectivity index (χ0v) is 11.8. The SMILES string of the molecule is CC1CCC(C)C([N+](C)(C)C)C1.[I-]. The van der Waals surface area contributed by atoms with Gasteiger partial charge in [0, 0.05) is 12.3 Å². The molecular formula is C11H24IN. The zero-order valence-electron chi connectivity index (χ0n) is 9.68. The quantitative estimate of drug-likeness (QED) is 0.453. The van der Waals surface area contributed by atoms with Crippen molar-refractivity contribution in [3.05, 3.63) is 0 Å². The van der Waals surface area contributed by atoms with Gasteiger partial charge in [-0.1, -0.05) is 13.8 Å². The van der Waals surface area contributed by atoms with E-state index in [4.69, 9.17) is 0 Å². The molecule has 0 bridgehead atoms. The molecule has 0 spiro atoms. The Bertz CT molecular complexity index is 151. The van der Waals surface area contributed by atoms with Crippen LogP contribution in [-0.4, -0.2) is 31.7 Å². The highest BCUT2D eigenvalue weighted by molar-refractivity contribution is 4.76. The third-order valence-corrected chi connectivity index (χ3v) is 3.41. The number of halogens is 1. The van der Waals surface area contributed by atoms with Gasteiger partial charge in [-0.25, -0.2) is 0 Å². The Kier molecular flexibility index (Phi) is 5.23. The molecule has 0 aromatic heterocycles. The van der Waals surface area contributed by atoms with Gasteiger partial charge in [-0.2, -0.15) is 0 Å². The van der Waals surface area contributed by atoms with Gasteiger partial charge in [0.25, 0.3) is 0 Å². The molecule has 1 nitrogen and oxygen atoms in total. The van der Waals surface area contributed by atoms with Crippen molar-refractivity contribution >= 4 is 0 Å². The lowest BCUT2D eigenvalue weighted by Gasteiger charge is -2.42. The van der Waals surface area contributed by atoms with Gasteiger partial charge in [0.15, 0.2) is 0 Å². The standard InChI is InChI=1S/C11H24N.HI/c1-9-6-7-10(2)11(8-9)12(3,4)5;/h9-11H,6-8H2,1-5H3;1H/q+1;/p-1. The van der Waals surface area contributed by atoms with Crippen LogP contribution in [-0.2, 0) is 0 Å². The first-order chi connectivity index (χ1) is 5.41. The summed E-state index contributed by atoms with van der Waals surface area (Å²) in [6.07, 6.45) is 4.30. The fourth-order valence-electron chi connectivity index (χ4n) is 2.58. The van der Waals surface area contributed by atoms with Crippen LogP contribution < -0.4 is 24.0 Å². The average Bonchev–Trinajstić information content (AvgIpc) is 1.92. The summed E-state index contributed by atoms with van der Waals surface area (Å²) >= 11 is 0. The van der Waals surface area contributed by atoms with E-state index >= 15 is 0 Å². The Balaban J connectivity index is 0.00000144. The van der Waals surface area contributed by atoms with E-state index in [-0.39, 0.29) is 24.0 Å². The minimum absolute atomic E-state index is 0. The lowest BCUT2D eigenvalue weighted by atomic mass is 9.79. The predicted octanol–water partition coefficient (Wildman–Crippen LogP) is -0.479. The highest BCUT2D eigenvalue weighted by Gasteiger charge is 2.34. The van der Waals surface area contributed by atoms with Gasteiger partial charge >= 0.3 is 0 Å². The van der Waals surface area contributed by atoms with Crippen molar-refractivity contribution in [3.8, 4) is 0 Å². The molecule has 0 saturated heterocycles. The van der Waals surface area contributed by atoms with Gasteiger partial charge in [-0.05, 0) is 18.8 Å². The van der Waals surface area contributed by atoms with Gasteiger partial charge in [0.1, 0.15) is 0 Å². The molecule has 13 heavy (non-hydrogen) atoms. The molecule has 3 atom stereocenters. The van der Waals surface area contributed by atoms with Crippen LogP contribution in [0.5, 0.6) is 0 Å². The number of quaternary nitrogens is 1. The summed E-state index contributed by atoms with van der Waals surface area (Å²) in [4.78, 5) is 0. The van der Waals surface area contributed by atoms with Crippen molar-refractivity contribution < 1.29 is 28.5 Å². The average molecular weight is 297 g/mol. The number of rotatable bonds is 1. The Morgan fingerprint density at radius 1 is 1.00 bits per heavy atom. The van der Waals surface area contributed by atoms with Crippen LogP contribution >= 0.6 is 0 Å². The van der Waals surface area contributed by atoms with Crippen molar-refractivity contribution in [1.29, 1.82) is 0 Å². The van der Waals surface area contributed by atoms with Crippen LogP contribution in [0.3, 0.4) is 0 Å². The molecule has 0 N–H and O–H groups in total. The maximum absolute atomic E-state index is 2.42. The first-order valence-corrected chi connectivity index (χ1v) is 5.22. The summed E-state index contributed by atoms with van der Waals surface area (Å²) < 4.78 is 1.14. The van der Waals surface area contributed by atoms with E-state index < -0.39 is 0 Å². The Labute approximate surface area is 100 Å². The van der Waals surface area contributed by atoms with Crippen molar-refractivity contribution in [2.75, 3.05) is 21.1 Å². The molecule has 0 aromatic carbocycles. The van der Waals surface area contributed by atoms with Crippen LogP contribution in [0.2, 0.25) is 0 Å². The molecule has 2 heteroatoms. The summed E-state index contributed by atoms with van der Waals surface area (Å²) in [6, 6.07) is 0.883. The van der Waals surface area contributed by atoms with Crippen molar-refractivity contribution in [3.63, 3.8) is 0 Å². The summed E-state index contributed by atoms with van der Waals surface area (Å²) in [7, 11) is 7.00. The Morgan fingerprint density at radius 2 is 1.54 bits per heavy atom. The van der Waals surface area contributed by atoms with E-state index in [9.17, 15) is 0 Å². The number of hydrogen-bond acceptors (Lipinski definition) is 0. The maximum Gasteiger partial charge on any atom is 0.0912 e. The summed E-state index contributed by atoms with van der Waals surface area (Å²) in [5.74, 6) is 1.87. The lowest BCUT2D eigenvalue weighted by Crippen LogP contribution is -3.00. The summed E-state index contributed by atoms with van der Waals surface area (Å²) in [5.41, 5.74) is 0. The van der Waals surface area contributed by atoms with Gasteiger partial charge < -0.3 is 28.5 Å². The highest BCUT2D eigenvalue weighted by atomic mass is 127. The summed E-state index contributed by atoms with van der Waals surface area (Å²) in [5, 5.41) is 0. The summed E-state index contributed by atoms with van der Waals surface area (Å²) in [6.45, 7) is 4.81. The van der Waals surface area contributed by atoms with E-state index in [1.807, 2.05) is 0 Å². The second kappa shape index (κ2) is 4.96. The van der Waals surface area contributed by atoms with Crippen molar-refractivity contribution in [2.24, 2.45) is 11.8 Å². The molecule has 1 saturated carbocycles. The molecule has 1 rings (SSSR count). The molecule has 0 heterocycles. The molecule has 0 aromatic rings. The van der Waals surface area contributed by atoms with Crippen LogP contribution in [0.25, 0.3) is 0 Å². The van der Waals surface area contributed by atoms with Gasteiger partial charge in [-0.3, -0.25) is 0 Å². The maximum atomic E-state index is 2.42. The molecule has 1 aliphatic rings. The molecule has 0 aliphatic heterocycles. The second-order valence-corrected chi connectivity index (χ2v) is 5.58. The first kappa shape index (κ1) is 13.7. The van der Waals surface area contributed by atoms with Crippen LogP contribution in [0.15, 0.2) is 0 Å². The van der Waals surface area contributed by atoms with Gasteiger partial charge in [-0.15, -0.1) is 0 Å². The van der Waals surface area contributed by atoms with Crippen molar-refractivity contribution in [1.82, 2.24) is 0 Å². The molecule has 0 radical (unpaired) electrons. The van der Waals surface area contributed by atoms with Crippen LogP contribution in [0, 0.1) is 11.8 Å². The fourth-order valence-corrected chi connectivity index (χ4v) is 2.58. The monoisotopic (exact) mass is 297 g/mol. The van der Waals surface area contributed by atoms with Crippen LogP contribution in [0.4, 0.5) is 0 Å². The molecule has 80 valence electrons. The minimum atomic E-state index is 0. The van der Waals surface area contributed by atoms with E-state index in [1.54, 1.807) is 0 Å². The molecule has 1 fully saturated rings. The van der Waals surface area contributed by atoms with E-state index in [2.05, 4.69) is 35.0 Å². The topological polar surface area (TPSA) is 0 Å². The number of hydrogen-bond donors (Lipinski definition) is 0. The second-order valence-electron chi connectivity index (χ2n) is 5.58. The zero-order chi connectivity index (χ0) is 9.35. The lowest BCUT2D eigenvalue weighted by molar-refractivity contribution is -0.901. The fraction of sp³-hybridized carbons (Fsp3) is 1.00. The first-order valence-electron chi connectivity index (χ1n) is 5.22. The van der Waals surface area contributed by atoms with E-state index in [0.717, 1.165) is 22.4 Å². The van der Waals surface area contributed by atoms with Crippen molar-refractivity contribution in [2.45, 2.75) is 39.2 Å². The van der Waals surface area contributed by atoms with E-state index in [1.165, 1.54) is 19.3 Å². The number of nitrogens with zero attached hydrogens (tertiary/aromatic N) is 1. The highest BCUT2D eigenvalue weighted by Crippen LogP contribution is 2.32. The molecule has 3 unspecified atom stereocenters. The third kappa shape index (κ3) is 3.74. The Hall–Kier alpha value is 0.690. The Morgan fingerprint density at radius 3 is 1.92 bits per heavy atom. The molecule has 1 aliphatic carbocycles. The normalized spacial score (nSPS) is 35.3. The molecular weight excluding hydrogens is 273 g/mol. The minimum Gasteiger partial charge on any atom is -1.00 e. The smallest absolute Gasteiger partial charge is 0.0912 e. The van der Waals surface area contributed by atoms with E-state index in [0.29, 0.717) is 0 Å². The molecule has 0 amide bonds.